The molecule has 0 aliphatic heterocycles. The van der Waals surface area contributed by atoms with Gasteiger partial charge in [0.05, 0.1) is 11.2 Å². The van der Waals surface area contributed by atoms with E-state index in [1.54, 1.807) is 0 Å². The fraction of sp³-hybridized carbons (Fsp3) is 0. The number of para-hydroxylation sites is 1. The molecule has 0 amide bonds. The van der Waals surface area contributed by atoms with E-state index in [1.807, 2.05) is 18.5 Å². The van der Waals surface area contributed by atoms with Gasteiger partial charge in [0.25, 0.3) is 0 Å². The van der Waals surface area contributed by atoms with Gasteiger partial charge in [-0.2, -0.15) is 0 Å². The lowest BCUT2D eigenvalue weighted by molar-refractivity contribution is 1.33. The van der Waals surface area contributed by atoms with E-state index >= 15 is 0 Å². The standard InChI is InChI=1S/C48H30N2/c1-2-13-31(14-3-1)48-43-27-26-35-36(23-11-24-37(35)47(43)42-22-8-9-25-44(42)50-48)46-40-20-6-4-18-38(40)45(39-19-5-7-21-41(39)46)33-16-10-15-32(29-33)34-17-12-28-49-30-34/h1-30H. The molecule has 0 N–H and O–H groups in total. The third-order valence-electron chi connectivity index (χ3n) is 10.1. The zero-order valence-corrected chi connectivity index (χ0v) is 27.2. The normalized spacial score (nSPS) is 11.6. The smallest absolute Gasteiger partial charge is 0.0788 e. The summed E-state index contributed by atoms with van der Waals surface area (Å²) in [5.74, 6) is 0. The maximum atomic E-state index is 5.20. The zero-order valence-electron chi connectivity index (χ0n) is 27.2. The summed E-state index contributed by atoms with van der Waals surface area (Å²) in [4.78, 5) is 9.59. The lowest BCUT2D eigenvalue weighted by Gasteiger charge is -2.20. The minimum Gasteiger partial charge on any atom is -0.264 e. The zero-order chi connectivity index (χ0) is 33.0. The van der Waals surface area contributed by atoms with Gasteiger partial charge in [-0.25, -0.2) is 4.98 Å². The fourth-order valence-electron chi connectivity index (χ4n) is 7.96. The first kappa shape index (κ1) is 28.4. The molecule has 10 aromatic rings. The van der Waals surface area contributed by atoms with Crippen LogP contribution in [0.1, 0.15) is 0 Å². The summed E-state index contributed by atoms with van der Waals surface area (Å²) < 4.78 is 0. The molecular formula is C48H30N2. The molecule has 0 saturated heterocycles. The Bertz CT molecular complexity index is 2850. The molecule has 2 nitrogen and oxygen atoms in total. The van der Waals surface area contributed by atoms with E-state index in [-0.39, 0.29) is 0 Å². The minimum atomic E-state index is 1.01. The first-order valence-corrected chi connectivity index (χ1v) is 17.1. The van der Waals surface area contributed by atoms with Crippen molar-refractivity contribution in [3.05, 3.63) is 182 Å². The third-order valence-corrected chi connectivity index (χ3v) is 10.1. The summed E-state index contributed by atoms with van der Waals surface area (Å²) in [5, 5.41) is 11.0. The highest BCUT2D eigenvalue weighted by atomic mass is 14.7. The van der Waals surface area contributed by atoms with Crippen LogP contribution < -0.4 is 0 Å². The lowest BCUT2D eigenvalue weighted by Crippen LogP contribution is -1.93. The van der Waals surface area contributed by atoms with Crippen LogP contribution in [-0.2, 0) is 0 Å². The van der Waals surface area contributed by atoms with Crippen LogP contribution in [0.2, 0.25) is 0 Å². The van der Waals surface area contributed by atoms with E-state index in [1.165, 1.54) is 65.3 Å². The second-order valence-corrected chi connectivity index (χ2v) is 12.9. The van der Waals surface area contributed by atoms with Gasteiger partial charge < -0.3 is 0 Å². The first-order valence-electron chi connectivity index (χ1n) is 17.1. The van der Waals surface area contributed by atoms with Crippen molar-refractivity contribution in [2.45, 2.75) is 0 Å². The van der Waals surface area contributed by atoms with Crippen molar-refractivity contribution in [2.75, 3.05) is 0 Å². The van der Waals surface area contributed by atoms with Crippen molar-refractivity contribution in [1.82, 2.24) is 9.97 Å². The molecule has 2 heteroatoms. The quantitative estimate of drug-likeness (QED) is 0.142. The number of nitrogens with zero attached hydrogens (tertiary/aromatic N) is 2. The molecule has 2 heterocycles. The summed E-state index contributed by atoms with van der Waals surface area (Å²) in [5.41, 5.74) is 10.4. The molecule has 0 saturated carbocycles. The molecule has 0 aliphatic rings. The van der Waals surface area contributed by atoms with E-state index in [4.69, 9.17) is 4.98 Å². The predicted molar refractivity (Wildman–Crippen MR) is 211 cm³/mol. The molecular weight excluding hydrogens is 605 g/mol. The van der Waals surface area contributed by atoms with Crippen LogP contribution in [0, 0.1) is 0 Å². The van der Waals surface area contributed by atoms with E-state index < -0.39 is 0 Å². The average Bonchev–Trinajstić information content (AvgIpc) is 3.20. The molecule has 232 valence electrons. The molecule has 0 bridgehead atoms. The SMILES string of the molecule is c1ccc(-c2nc3ccccc3c3c2ccc2c(-c4c5ccccc5c(-c5cccc(-c6cccnc6)c5)c5ccccc45)cccc23)cc1. The first-order chi connectivity index (χ1) is 24.8. The molecule has 50 heavy (non-hydrogen) atoms. The number of benzene rings is 8. The molecule has 0 radical (unpaired) electrons. The monoisotopic (exact) mass is 634 g/mol. The predicted octanol–water partition coefficient (Wildman–Crippen LogP) is 12.9. The van der Waals surface area contributed by atoms with Crippen molar-refractivity contribution in [1.29, 1.82) is 0 Å². The van der Waals surface area contributed by atoms with Gasteiger partial charge in [-0.15, -0.1) is 0 Å². The number of hydrogen-bond donors (Lipinski definition) is 0. The molecule has 0 atom stereocenters. The molecule has 0 fully saturated rings. The van der Waals surface area contributed by atoms with Gasteiger partial charge in [-0.05, 0) is 78.3 Å². The van der Waals surface area contributed by atoms with Gasteiger partial charge in [-0.3, -0.25) is 4.98 Å². The summed E-state index contributed by atoms with van der Waals surface area (Å²) in [6.07, 6.45) is 3.76. The summed E-state index contributed by atoms with van der Waals surface area (Å²) in [6, 6.07) is 61.3. The van der Waals surface area contributed by atoms with E-state index in [2.05, 4.69) is 169 Å². The third kappa shape index (κ3) is 4.43. The Morgan fingerprint density at radius 1 is 0.340 bits per heavy atom. The van der Waals surface area contributed by atoms with Crippen LogP contribution in [-0.4, -0.2) is 9.97 Å². The Kier molecular flexibility index (Phi) is 6.53. The maximum absolute atomic E-state index is 5.20. The van der Waals surface area contributed by atoms with Gasteiger partial charge in [-0.1, -0.05) is 152 Å². The lowest BCUT2D eigenvalue weighted by atomic mass is 9.83. The van der Waals surface area contributed by atoms with E-state index in [9.17, 15) is 0 Å². The Labute approximate surface area is 290 Å². The number of rotatable bonds is 4. The van der Waals surface area contributed by atoms with Crippen LogP contribution in [0.4, 0.5) is 0 Å². The Balaban J connectivity index is 1.29. The maximum Gasteiger partial charge on any atom is 0.0788 e. The number of hydrogen-bond acceptors (Lipinski definition) is 2. The second-order valence-electron chi connectivity index (χ2n) is 12.9. The molecule has 0 unspecified atom stereocenters. The molecule has 0 aliphatic carbocycles. The minimum absolute atomic E-state index is 1.01. The topological polar surface area (TPSA) is 25.8 Å². The number of aromatic nitrogens is 2. The summed E-state index contributed by atoms with van der Waals surface area (Å²) >= 11 is 0. The van der Waals surface area contributed by atoms with Crippen molar-refractivity contribution in [3.63, 3.8) is 0 Å². The van der Waals surface area contributed by atoms with Crippen molar-refractivity contribution < 1.29 is 0 Å². The van der Waals surface area contributed by atoms with E-state index in [0.717, 1.165) is 33.3 Å². The highest BCUT2D eigenvalue weighted by Crippen LogP contribution is 2.47. The Morgan fingerprint density at radius 3 is 1.66 bits per heavy atom. The highest BCUT2D eigenvalue weighted by Gasteiger charge is 2.20. The highest BCUT2D eigenvalue weighted by molar-refractivity contribution is 6.28. The van der Waals surface area contributed by atoms with Crippen molar-refractivity contribution in [2.24, 2.45) is 0 Å². The van der Waals surface area contributed by atoms with Crippen LogP contribution >= 0.6 is 0 Å². The average molecular weight is 635 g/mol. The van der Waals surface area contributed by atoms with Crippen molar-refractivity contribution >= 4 is 54.0 Å². The van der Waals surface area contributed by atoms with E-state index in [0.29, 0.717) is 0 Å². The van der Waals surface area contributed by atoms with Crippen LogP contribution in [0.25, 0.3) is 98.6 Å². The van der Waals surface area contributed by atoms with Crippen LogP contribution in [0.3, 0.4) is 0 Å². The van der Waals surface area contributed by atoms with Gasteiger partial charge in [0.2, 0.25) is 0 Å². The Morgan fingerprint density at radius 2 is 0.920 bits per heavy atom. The van der Waals surface area contributed by atoms with Gasteiger partial charge >= 0.3 is 0 Å². The molecule has 8 aromatic carbocycles. The molecule has 2 aromatic heterocycles. The fourth-order valence-corrected chi connectivity index (χ4v) is 7.96. The number of pyridine rings is 2. The van der Waals surface area contributed by atoms with Crippen LogP contribution in [0.5, 0.6) is 0 Å². The van der Waals surface area contributed by atoms with Crippen LogP contribution in [0.15, 0.2) is 182 Å². The molecule has 0 spiro atoms. The Hall–Kier alpha value is -6.64. The van der Waals surface area contributed by atoms with Gasteiger partial charge in [0.1, 0.15) is 0 Å². The van der Waals surface area contributed by atoms with Gasteiger partial charge in [0.15, 0.2) is 0 Å². The summed E-state index contributed by atoms with van der Waals surface area (Å²) in [6.45, 7) is 0. The van der Waals surface area contributed by atoms with Gasteiger partial charge in [0, 0.05) is 39.7 Å². The molecule has 10 rings (SSSR count). The van der Waals surface area contributed by atoms with Crippen molar-refractivity contribution in [3.8, 4) is 44.6 Å². The number of fused-ring (bicyclic) bond motifs is 7. The largest absolute Gasteiger partial charge is 0.264 e. The second kappa shape index (κ2) is 11.5. The summed E-state index contributed by atoms with van der Waals surface area (Å²) in [7, 11) is 0.